The molecule has 5 aliphatic heterocycles. The Kier molecular flexibility index (Phi) is 8.26. The van der Waals surface area contributed by atoms with E-state index in [9.17, 15) is 14.7 Å². The van der Waals surface area contributed by atoms with Crippen molar-refractivity contribution in [3.63, 3.8) is 0 Å². The Hall–Kier alpha value is -2.49. The normalized spacial score (nSPS) is 42.0. The first-order valence-corrected chi connectivity index (χ1v) is 14.9. The second-order valence-electron chi connectivity index (χ2n) is 12.6. The molecule has 6 rings (SSSR count). The van der Waals surface area contributed by atoms with Gasteiger partial charge in [-0.2, -0.15) is 11.4 Å². The number of nitrogens with zero attached hydrogens (tertiary/aromatic N) is 4. The van der Waals surface area contributed by atoms with Crippen molar-refractivity contribution < 1.29 is 19.4 Å². The van der Waals surface area contributed by atoms with Crippen LogP contribution in [-0.2, 0) is 14.3 Å². The molecule has 1 N–H and O–H groups in total. The molecule has 3 fully saturated rings. The number of hydrogen-bond donors (Lipinski definition) is 1. The van der Waals surface area contributed by atoms with Crippen molar-refractivity contribution >= 4 is 34.8 Å². The molecule has 8 bridgehead atoms. The number of methoxy groups -OCH3 is 1. The Bertz CT molecular complexity index is 1400. The van der Waals surface area contributed by atoms with E-state index >= 15 is 0 Å². The fourth-order valence-corrected chi connectivity index (χ4v) is 7.84. The van der Waals surface area contributed by atoms with Crippen LogP contribution in [0, 0.1) is 35.5 Å². The fraction of sp³-hybridized carbons (Fsp3) is 0.576. The predicted molar refractivity (Wildman–Crippen MR) is 165 cm³/mol. The summed E-state index contributed by atoms with van der Waals surface area (Å²) in [6.45, 7) is 14.3. The standard InChI is InChI=1S/C33H40N4O4.Mg/c1-9-19-15(4)21-12-25-26(18(7)38)16(5)22(35-25)10-20-13(2)14(3)30(36-20)28-29(33(40)41-8)32(39)27-17(6)23(37-31(27)28)11-24(19)34-21;/h10-15,17,19-20,23,25,29-30,39H,9H2,1-8H3;/q-4;+2/b21-12+,22-10+,24-11-;/t13-,14-,15+,17?,19+,20-,23-,25-,29+,30+;/m0./s1. The van der Waals surface area contributed by atoms with E-state index in [2.05, 4.69) is 52.8 Å². The summed E-state index contributed by atoms with van der Waals surface area (Å²) in [5.74, 6) is -0.835. The van der Waals surface area contributed by atoms with Gasteiger partial charge in [-0.25, -0.2) is 0 Å². The van der Waals surface area contributed by atoms with E-state index in [1.54, 1.807) is 6.92 Å². The van der Waals surface area contributed by atoms with Crippen molar-refractivity contribution in [2.75, 3.05) is 7.11 Å². The molecular formula is C33H40MgN4O4-2. The fourth-order valence-electron chi connectivity index (χ4n) is 7.84. The number of esters is 1. The van der Waals surface area contributed by atoms with E-state index in [0.717, 1.165) is 40.2 Å². The molecule has 6 aliphatic rings. The first kappa shape index (κ1) is 30.9. The van der Waals surface area contributed by atoms with Gasteiger partial charge in [0, 0.05) is 0 Å². The molecule has 220 valence electrons. The zero-order valence-electron chi connectivity index (χ0n) is 25.9. The predicted octanol–water partition coefficient (Wildman–Crippen LogP) is 6.64. The molecule has 1 unspecified atom stereocenters. The number of aliphatic hydroxyl groups excluding tert-OH is 1. The number of carbonyl (C=O) groups excluding carboxylic acids is 2. The van der Waals surface area contributed by atoms with Crippen LogP contribution in [0.1, 0.15) is 54.9 Å². The number of ketones is 1. The van der Waals surface area contributed by atoms with Crippen LogP contribution in [0.5, 0.6) is 0 Å². The monoisotopic (exact) mass is 580 g/mol. The topological polar surface area (TPSA) is 120 Å². The molecule has 0 spiro atoms. The van der Waals surface area contributed by atoms with Crippen molar-refractivity contribution in [3.8, 4) is 0 Å². The molecule has 0 aromatic heterocycles. The molecule has 5 heterocycles. The van der Waals surface area contributed by atoms with Crippen molar-refractivity contribution in [3.05, 3.63) is 90.3 Å². The van der Waals surface area contributed by atoms with Crippen molar-refractivity contribution in [2.45, 2.75) is 79.1 Å². The van der Waals surface area contributed by atoms with Gasteiger partial charge < -0.3 is 31.1 Å². The van der Waals surface area contributed by atoms with E-state index in [4.69, 9.17) is 26.0 Å². The molecule has 0 aromatic rings. The third-order valence-electron chi connectivity index (χ3n) is 10.5. The maximum atomic E-state index is 13.1. The molecule has 0 aromatic carbocycles. The zero-order valence-corrected chi connectivity index (χ0v) is 27.3. The van der Waals surface area contributed by atoms with Gasteiger partial charge in [0.25, 0.3) is 0 Å². The SMILES string of the molecule is CC[C@H]1/C2=C/[C@@H]3[N-]C4=C([C@@H](C(=O)OC)C(O)=C4C3C)[C@@H]3[N-][C@@H](/C=C4/[N-][C@@H](/C=C(/[N-]2)[C@@H]1C)C(C(C)=O)=C4C)[C@@H](C)[C@@H]3C.[Mg+2]. The van der Waals surface area contributed by atoms with Gasteiger partial charge in [0.1, 0.15) is 11.7 Å². The quantitative estimate of drug-likeness (QED) is 0.297. The number of carbonyl (C=O) groups is 2. The van der Waals surface area contributed by atoms with Crippen LogP contribution in [0.15, 0.2) is 69.1 Å². The number of hydrogen-bond acceptors (Lipinski definition) is 4. The Balaban J connectivity index is 0.00000353. The number of ether oxygens (including phenoxy) is 1. The summed E-state index contributed by atoms with van der Waals surface area (Å²) < 4.78 is 5.18. The minimum atomic E-state index is -0.904. The average molecular weight is 581 g/mol. The molecule has 1 aliphatic carbocycles. The van der Waals surface area contributed by atoms with Crippen LogP contribution >= 0.6 is 0 Å². The van der Waals surface area contributed by atoms with Crippen LogP contribution in [-0.4, -0.2) is 71.2 Å². The molecule has 10 atom stereocenters. The first-order valence-electron chi connectivity index (χ1n) is 14.9. The molecule has 0 saturated carbocycles. The number of rotatable bonds is 3. The van der Waals surface area contributed by atoms with Crippen molar-refractivity contribution in [1.82, 2.24) is 0 Å². The molecule has 0 radical (unpaired) electrons. The van der Waals surface area contributed by atoms with Gasteiger partial charge in [-0.1, -0.05) is 76.1 Å². The largest absolute Gasteiger partial charge is 2.00 e. The molecular weight excluding hydrogens is 541 g/mol. The van der Waals surface area contributed by atoms with E-state index < -0.39 is 11.9 Å². The summed E-state index contributed by atoms with van der Waals surface area (Å²) in [4.78, 5) is 26.0. The summed E-state index contributed by atoms with van der Waals surface area (Å²) in [6, 6.07) is -1.08. The van der Waals surface area contributed by atoms with E-state index in [1.165, 1.54) is 7.11 Å². The maximum Gasteiger partial charge on any atom is 2.00 e. The van der Waals surface area contributed by atoms with Gasteiger partial charge in [0.2, 0.25) is 0 Å². The third-order valence-corrected chi connectivity index (χ3v) is 10.5. The van der Waals surface area contributed by atoms with Crippen LogP contribution in [0.2, 0.25) is 0 Å². The molecule has 0 amide bonds. The summed E-state index contributed by atoms with van der Waals surface area (Å²) >= 11 is 0. The van der Waals surface area contributed by atoms with Crippen molar-refractivity contribution in [2.24, 2.45) is 35.5 Å². The average Bonchev–Trinajstić information content (AvgIpc) is 3.66. The summed E-state index contributed by atoms with van der Waals surface area (Å²) in [5, 5.41) is 32.1. The van der Waals surface area contributed by atoms with Gasteiger partial charge in [-0.15, -0.1) is 41.7 Å². The second-order valence-corrected chi connectivity index (χ2v) is 12.6. The maximum absolute atomic E-state index is 13.1. The van der Waals surface area contributed by atoms with Crippen LogP contribution < -0.4 is 0 Å². The number of fused-ring (bicyclic) bond motifs is 8. The van der Waals surface area contributed by atoms with Crippen molar-refractivity contribution in [1.29, 1.82) is 0 Å². The Morgan fingerprint density at radius 1 is 0.976 bits per heavy atom. The van der Waals surface area contributed by atoms with Crippen LogP contribution in [0.25, 0.3) is 21.3 Å². The zero-order chi connectivity index (χ0) is 29.5. The second kappa shape index (κ2) is 11.2. The molecule has 9 heteroatoms. The minimum absolute atomic E-state index is 0. The van der Waals surface area contributed by atoms with E-state index in [1.807, 2.05) is 6.92 Å². The summed E-state index contributed by atoms with van der Waals surface area (Å²) in [7, 11) is 1.35. The summed E-state index contributed by atoms with van der Waals surface area (Å²) in [5.41, 5.74) is 6.50. The molecule has 3 saturated heterocycles. The first-order chi connectivity index (χ1) is 19.5. The van der Waals surface area contributed by atoms with Gasteiger partial charge in [0.15, 0.2) is 5.78 Å². The van der Waals surface area contributed by atoms with Gasteiger partial charge in [-0.3, -0.25) is 9.59 Å². The van der Waals surface area contributed by atoms with E-state index in [-0.39, 0.29) is 88.4 Å². The Morgan fingerprint density at radius 2 is 1.69 bits per heavy atom. The van der Waals surface area contributed by atoms with Crippen LogP contribution in [0.4, 0.5) is 0 Å². The Morgan fingerprint density at radius 3 is 2.33 bits per heavy atom. The Labute approximate surface area is 265 Å². The molecule has 42 heavy (non-hydrogen) atoms. The van der Waals surface area contributed by atoms with E-state index in [0.29, 0.717) is 11.3 Å². The number of Topliss-reactive ketones (excluding diaryl/α,β-unsaturated/α-hetero) is 1. The van der Waals surface area contributed by atoms with Gasteiger partial charge in [0.05, 0.1) is 7.11 Å². The third kappa shape index (κ3) is 4.49. The number of allylic oxidation sites excluding steroid dienone is 4. The minimum Gasteiger partial charge on any atom is -0.678 e. The van der Waals surface area contributed by atoms with Gasteiger partial charge >= 0.3 is 29.0 Å². The number of aliphatic hydroxyl groups is 1. The summed E-state index contributed by atoms with van der Waals surface area (Å²) in [6.07, 6.45) is 7.21. The smallest absolute Gasteiger partial charge is 0.678 e. The molecule has 8 nitrogen and oxygen atoms in total. The van der Waals surface area contributed by atoms with Crippen LogP contribution in [0.3, 0.4) is 0 Å². The van der Waals surface area contributed by atoms with Gasteiger partial charge in [-0.05, 0) is 42.7 Å².